The Morgan fingerprint density at radius 3 is 2.11 bits per heavy atom. The molecule has 2 fully saturated rings. The quantitative estimate of drug-likeness (QED) is 0.0600. The molecule has 0 bridgehead atoms. The van der Waals surface area contributed by atoms with Gasteiger partial charge < -0.3 is 89.1 Å². The van der Waals surface area contributed by atoms with E-state index in [0.717, 1.165) is 36.4 Å². The summed E-state index contributed by atoms with van der Waals surface area (Å²) in [5.74, 6) is -6.04. The highest BCUT2D eigenvalue weighted by molar-refractivity contribution is 5.92. The van der Waals surface area contributed by atoms with E-state index in [4.69, 9.17) is 28.1 Å². The van der Waals surface area contributed by atoms with Gasteiger partial charge in [-0.25, -0.2) is 0 Å². The van der Waals surface area contributed by atoms with Crippen molar-refractivity contribution in [3.05, 3.63) is 64.3 Å². The molecule has 6 rings (SSSR count). The number of phenols is 6. The second-order valence-corrected chi connectivity index (χ2v) is 12.4. The highest BCUT2D eigenvalue weighted by atomic mass is 16.7. The molecule has 53 heavy (non-hydrogen) atoms. The standard InChI is InChI=1S/C34H34O19/c1-11-24(41)27(44)29(46)33(49-11)48-10-23-26(43)28(45)31(53-32(47)13-5-19(39)25(42)20(40)6-13)34(52-23)51-22-9-15-17(37)7-14(35)8-21(15)50-30(22)12-2-3-16(36)18(38)4-12/h2-9,11,23-24,26-29,31,33-34,36-46H,10H2,1H3/p+1/t11-,23+,24-,26-,27+,28-,29+,31+,33+,34+/m0/s1. The predicted molar refractivity (Wildman–Crippen MR) is 174 cm³/mol. The summed E-state index contributed by atoms with van der Waals surface area (Å²) in [5, 5.41) is 113. The predicted octanol–water partition coefficient (Wildman–Crippen LogP) is -0.749. The lowest BCUT2D eigenvalue weighted by molar-refractivity contribution is -0.317. The van der Waals surface area contributed by atoms with Gasteiger partial charge >= 0.3 is 5.97 Å². The number of carbonyl (C=O) groups excluding carboxylic acids is 1. The summed E-state index contributed by atoms with van der Waals surface area (Å²) in [6, 6.07) is 8.21. The van der Waals surface area contributed by atoms with Crippen molar-refractivity contribution in [2.75, 3.05) is 6.61 Å². The Hall–Kier alpha value is -5.38. The molecule has 0 unspecified atom stereocenters. The van der Waals surface area contributed by atoms with Crippen LogP contribution in [0.2, 0.25) is 0 Å². The number of phenolic OH excluding ortho intramolecular Hbond substituents is 6. The molecule has 284 valence electrons. The number of hydrogen-bond donors (Lipinski definition) is 11. The first-order valence-electron chi connectivity index (χ1n) is 15.8. The first-order valence-corrected chi connectivity index (χ1v) is 15.8. The third-order valence-corrected chi connectivity index (χ3v) is 8.73. The normalized spacial score (nSPS) is 28.8. The van der Waals surface area contributed by atoms with Crippen LogP contribution in [0.3, 0.4) is 0 Å². The van der Waals surface area contributed by atoms with E-state index >= 15 is 0 Å². The van der Waals surface area contributed by atoms with E-state index in [0.29, 0.717) is 0 Å². The molecule has 19 nitrogen and oxygen atoms in total. The molecule has 3 heterocycles. The van der Waals surface area contributed by atoms with Gasteiger partial charge in [-0.05, 0) is 31.2 Å². The molecule has 0 spiro atoms. The average Bonchev–Trinajstić information content (AvgIpc) is 3.11. The van der Waals surface area contributed by atoms with Crippen LogP contribution in [0.1, 0.15) is 12.5 Å². The van der Waals surface area contributed by atoms with Gasteiger partial charge in [0, 0.05) is 29.8 Å². The molecule has 10 atom stereocenters. The number of aliphatic hydroxyl groups is 5. The average molecular weight is 748 g/mol. The van der Waals surface area contributed by atoms with Crippen molar-refractivity contribution in [3.8, 4) is 62.9 Å². The Morgan fingerprint density at radius 2 is 1.43 bits per heavy atom. The highest BCUT2D eigenvalue weighted by Crippen LogP contribution is 2.43. The molecule has 0 aromatic heterocycles. The monoisotopic (exact) mass is 747 g/mol. The minimum absolute atomic E-state index is 0.0458. The van der Waals surface area contributed by atoms with Crippen LogP contribution < -0.4 is 10.2 Å². The summed E-state index contributed by atoms with van der Waals surface area (Å²) in [6.45, 7) is 0.745. The van der Waals surface area contributed by atoms with Crippen molar-refractivity contribution in [2.24, 2.45) is 0 Å². The molecular formula is C34H35O19+. The zero-order valence-electron chi connectivity index (χ0n) is 27.3. The molecule has 4 aliphatic rings. The summed E-state index contributed by atoms with van der Waals surface area (Å²) in [5.41, 5.74) is -1.06. The topological polar surface area (TPSA) is 320 Å². The van der Waals surface area contributed by atoms with Gasteiger partial charge in [0.05, 0.1) is 18.3 Å². The van der Waals surface area contributed by atoms with Crippen molar-refractivity contribution in [2.45, 2.75) is 68.3 Å². The van der Waals surface area contributed by atoms with Gasteiger partial charge in [0.2, 0.25) is 0 Å². The molecule has 1 aliphatic carbocycles. The minimum atomic E-state index is -2.03. The molecule has 2 aromatic carbocycles. The third kappa shape index (κ3) is 7.32. The Balaban J connectivity index is 1.38. The van der Waals surface area contributed by atoms with Crippen molar-refractivity contribution < 1.29 is 89.1 Å². The number of ether oxygens (including phenoxy) is 5. The Kier molecular flexibility index (Phi) is 10.3. The molecule has 19 heteroatoms. The van der Waals surface area contributed by atoms with Crippen LogP contribution in [0.25, 0.3) is 22.6 Å². The van der Waals surface area contributed by atoms with Crippen LogP contribution in [0.4, 0.5) is 0 Å². The van der Waals surface area contributed by atoms with Crippen molar-refractivity contribution in [1.29, 1.82) is 0 Å². The van der Waals surface area contributed by atoms with Crippen LogP contribution in [0.5, 0.6) is 40.2 Å². The van der Waals surface area contributed by atoms with E-state index in [9.17, 15) is 65.8 Å². The third-order valence-electron chi connectivity index (χ3n) is 8.73. The number of esters is 1. The van der Waals surface area contributed by atoms with Gasteiger partial charge in [-0.1, -0.05) is 0 Å². The maximum Gasteiger partial charge on any atom is 0.518 e. The minimum Gasteiger partial charge on any atom is -0.507 e. The Bertz CT molecular complexity index is 1990. The van der Waals surface area contributed by atoms with E-state index in [-0.39, 0.29) is 28.4 Å². The molecule has 2 aromatic rings. The SMILES string of the molecule is C[C@@H]1O[C@@H](OC[C@H]2O[C@@H](Oc3cc4c(O)cc(=O)cc-4oc3-c3ccc(O)c(O)c3)[C@H](OC(=[OH+])c3cc(O)c(O)c(O)c3)[C@@H](O)[C@H]2O)[C@H](O)[C@H](O)[C@H]1O. The summed E-state index contributed by atoms with van der Waals surface area (Å²) >= 11 is 0. The van der Waals surface area contributed by atoms with Gasteiger partial charge in [-0.3, -0.25) is 4.79 Å². The fourth-order valence-corrected chi connectivity index (χ4v) is 5.78. The van der Waals surface area contributed by atoms with Gasteiger partial charge in [0.25, 0.3) is 12.4 Å². The van der Waals surface area contributed by atoms with Gasteiger partial charge in [-0.15, -0.1) is 0 Å². The lowest BCUT2D eigenvalue weighted by Crippen LogP contribution is -2.62. The summed E-state index contributed by atoms with van der Waals surface area (Å²) in [6.07, 6.45) is -16.7. The van der Waals surface area contributed by atoms with Crippen molar-refractivity contribution in [3.63, 3.8) is 0 Å². The van der Waals surface area contributed by atoms with E-state index < -0.39 is 119 Å². The number of rotatable bonds is 8. The molecule has 0 saturated carbocycles. The van der Waals surface area contributed by atoms with Crippen LogP contribution in [0.15, 0.2) is 57.7 Å². The Morgan fingerprint density at radius 1 is 0.736 bits per heavy atom. The van der Waals surface area contributed by atoms with E-state index in [1.807, 2.05) is 0 Å². The maximum absolute atomic E-state index is 12.2. The Labute approximate surface area is 297 Å². The lowest BCUT2D eigenvalue weighted by Gasteiger charge is -2.41. The second-order valence-electron chi connectivity index (χ2n) is 12.4. The molecule has 2 saturated heterocycles. The largest absolute Gasteiger partial charge is 0.518 e. The van der Waals surface area contributed by atoms with Crippen molar-refractivity contribution >= 4 is 5.97 Å². The van der Waals surface area contributed by atoms with Gasteiger partial charge in [0.15, 0.2) is 58.1 Å². The number of aliphatic hydroxyl groups excluding tert-OH is 5. The summed E-state index contributed by atoms with van der Waals surface area (Å²) < 4.78 is 34.5. The molecule has 0 radical (unpaired) electrons. The second kappa shape index (κ2) is 14.6. The van der Waals surface area contributed by atoms with Crippen LogP contribution in [0, 0.1) is 0 Å². The zero-order chi connectivity index (χ0) is 38.5. The van der Waals surface area contributed by atoms with Crippen LogP contribution >= 0.6 is 0 Å². The van der Waals surface area contributed by atoms with E-state index in [1.54, 1.807) is 0 Å². The number of aromatic hydroxyl groups is 6. The summed E-state index contributed by atoms with van der Waals surface area (Å²) in [4.78, 5) is 23.1. The lowest BCUT2D eigenvalue weighted by atomic mass is 9.98. The fraction of sp³-hybridized carbons (Fsp3) is 0.353. The van der Waals surface area contributed by atoms with Gasteiger partial charge in [-0.2, -0.15) is 0 Å². The van der Waals surface area contributed by atoms with Gasteiger partial charge in [0.1, 0.15) is 47.6 Å². The highest BCUT2D eigenvalue weighted by Gasteiger charge is 2.53. The fourth-order valence-electron chi connectivity index (χ4n) is 5.78. The van der Waals surface area contributed by atoms with Crippen LogP contribution in [-0.4, -0.2) is 135 Å². The van der Waals surface area contributed by atoms with Crippen LogP contribution in [-0.2, 0) is 18.9 Å². The number of benzene rings is 3. The first kappa shape index (κ1) is 37.4. The summed E-state index contributed by atoms with van der Waals surface area (Å²) in [7, 11) is 0. The molecular weight excluding hydrogens is 712 g/mol. The van der Waals surface area contributed by atoms with E-state index in [2.05, 4.69) is 0 Å². The number of hydrogen-bond acceptors (Lipinski definition) is 18. The molecule has 0 amide bonds. The van der Waals surface area contributed by atoms with E-state index in [1.165, 1.54) is 19.1 Å². The van der Waals surface area contributed by atoms with Crippen molar-refractivity contribution in [1.82, 2.24) is 0 Å². The first-order chi connectivity index (χ1) is 25.0. The zero-order valence-corrected chi connectivity index (χ0v) is 27.3. The maximum atomic E-state index is 12.2. The smallest absolute Gasteiger partial charge is 0.507 e. The molecule has 12 N–H and O–H groups in total. The number of fused-ring (bicyclic) bond motifs is 1. The molecule has 3 aliphatic heterocycles.